The monoisotopic (exact) mass is 310 g/mol. The molecule has 1 fully saturated rings. The van der Waals surface area contributed by atoms with Crippen molar-refractivity contribution in [2.24, 2.45) is 5.41 Å². The van der Waals surface area contributed by atoms with Gasteiger partial charge in [0.15, 0.2) is 0 Å². The van der Waals surface area contributed by atoms with E-state index in [0.29, 0.717) is 18.6 Å². The number of piperazine rings is 1. The Hall–Kier alpha value is -0.330. The number of hydrogen-bond acceptors (Lipinski definition) is 3. The van der Waals surface area contributed by atoms with E-state index in [-0.39, 0.29) is 12.0 Å². The lowest BCUT2D eigenvalue weighted by molar-refractivity contribution is -0.175. The molecule has 0 aromatic carbocycles. The van der Waals surface area contributed by atoms with Crippen molar-refractivity contribution in [1.82, 2.24) is 10.2 Å². The van der Waals surface area contributed by atoms with Gasteiger partial charge in [-0.1, -0.05) is 34.1 Å². The molecule has 0 saturated carbocycles. The average Bonchev–Trinajstić information content (AvgIpc) is 2.33. The van der Waals surface area contributed by atoms with E-state index in [0.717, 1.165) is 25.9 Å². The molecule has 3 nitrogen and oxygen atoms in total. The van der Waals surface area contributed by atoms with Gasteiger partial charge in [-0.2, -0.15) is 13.2 Å². The predicted molar refractivity (Wildman–Crippen MR) is 78.4 cm³/mol. The van der Waals surface area contributed by atoms with Gasteiger partial charge in [0, 0.05) is 31.7 Å². The second kappa shape index (κ2) is 7.79. The van der Waals surface area contributed by atoms with Crippen LogP contribution in [0.15, 0.2) is 0 Å². The van der Waals surface area contributed by atoms with E-state index in [9.17, 15) is 13.2 Å². The van der Waals surface area contributed by atoms with Crippen LogP contribution in [0.5, 0.6) is 0 Å². The van der Waals surface area contributed by atoms with Crippen molar-refractivity contribution in [2.45, 2.75) is 58.8 Å². The smallest absolute Gasteiger partial charge is 0.371 e. The lowest BCUT2D eigenvalue weighted by Crippen LogP contribution is -2.61. The summed E-state index contributed by atoms with van der Waals surface area (Å²) in [6.07, 6.45) is -2.04. The highest BCUT2D eigenvalue weighted by molar-refractivity contribution is 4.92. The number of halogens is 3. The van der Waals surface area contributed by atoms with E-state index in [2.05, 4.69) is 37.9 Å². The van der Waals surface area contributed by atoms with Gasteiger partial charge in [-0.25, -0.2) is 0 Å². The van der Waals surface area contributed by atoms with Crippen LogP contribution in [0, 0.1) is 5.41 Å². The molecular formula is C15H29F3N2O. The van der Waals surface area contributed by atoms with Gasteiger partial charge in [0.2, 0.25) is 0 Å². The lowest BCUT2D eigenvalue weighted by Gasteiger charge is -2.46. The molecule has 1 aliphatic heterocycles. The van der Waals surface area contributed by atoms with Crippen LogP contribution in [0.1, 0.15) is 40.5 Å². The minimum atomic E-state index is -4.24. The standard InChI is InChI=1S/C15H29F3N2O/c1-5-6-12-10-20(7-8-21-11-15(16,17)18)13(9-19-12)14(2,3)4/h12-13,19H,5-11H2,1-4H3. The summed E-state index contributed by atoms with van der Waals surface area (Å²) in [7, 11) is 0. The molecule has 2 unspecified atom stereocenters. The Labute approximate surface area is 126 Å². The second-order valence-corrected chi connectivity index (χ2v) is 6.94. The van der Waals surface area contributed by atoms with Gasteiger partial charge in [0.25, 0.3) is 0 Å². The molecule has 1 saturated heterocycles. The van der Waals surface area contributed by atoms with Crippen LogP contribution in [0.2, 0.25) is 0 Å². The van der Waals surface area contributed by atoms with Gasteiger partial charge in [0.1, 0.15) is 6.61 Å². The molecule has 0 radical (unpaired) electrons. The van der Waals surface area contributed by atoms with E-state index in [1.54, 1.807) is 0 Å². The molecule has 2 atom stereocenters. The summed E-state index contributed by atoms with van der Waals surface area (Å²) < 4.78 is 41.1. The quantitative estimate of drug-likeness (QED) is 0.763. The topological polar surface area (TPSA) is 24.5 Å². The normalized spacial score (nSPS) is 25.3. The Morgan fingerprint density at radius 3 is 2.43 bits per heavy atom. The molecular weight excluding hydrogens is 281 g/mol. The highest BCUT2D eigenvalue weighted by Crippen LogP contribution is 2.27. The first-order valence-electron chi connectivity index (χ1n) is 7.75. The summed E-state index contributed by atoms with van der Waals surface area (Å²) in [6, 6.07) is 0.747. The van der Waals surface area contributed by atoms with Crippen LogP contribution >= 0.6 is 0 Å². The minimum absolute atomic E-state index is 0.0915. The van der Waals surface area contributed by atoms with Crippen molar-refractivity contribution in [3.63, 3.8) is 0 Å². The maximum absolute atomic E-state index is 12.1. The number of nitrogens with zero attached hydrogens (tertiary/aromatic N) is 1. The van der Waals surface area contributed by atoms with Crippen molar-refractivity contribution in [1.29, 1.82) is 0 Å². The molecule has 0 aromatic rings. The minimum Gasteiger partial charge on any atom is -0.371 e. The summed E-state index contributed by atoms with van der Waals surface area (Å²) >= 11 is 0. The number of nitrogens with one attached hydrogen (secondary N) is 1. The maximum Gasteiger partial charge on any atom is 0.411 e. The van der Waals surface area contributed by atoms with Gasteiger partial charge in [-0.05, 0) is 11.8 Å². The first-order valence-corrected chi connectivity index (χ1v) is 7.75. The van der Waals surface area contributed by atoms with Crippen LogP contribution in [-0.2, 0) is 4.74 Å². The SMILES string of the molecule is CCCC1CN(CCOCC(F)(F)F)C(C(C)(C)C)CN1. The summed E-state index contributed by atoms with van der Waals surface area (Å²) in [5.41, 5.74) is 0.0915. The van der Waals surface area contributed by atoms with E-state index >= 15 is 0 Å². The fourth-order valence-electron chi connectivity index (χ4n) is 2.89. The Balaban J connectivity index is 2.50. The second-order valence-electron chi connectivity index (χ2n) is 6.94. The molecule has 0 amide bonds. The third-order valence-electron chi connectivity index (χ3n) is 3.92. The highest BCUT2D eigenvalue weighted by Gasteiger charge is 2.35. The molecule has 0 spiro atoms. The molecule has 1 N–H and O–H groups in total. The van der Waals surface area contributed by atoms with Gasteiger partial charge in [0.05, 0.1) is 6.61 Å². The molecule has 1 heterocycles. The van der Waals surface area contributed by atoms with Crippen molar-refractivity contribution in [2.75, 3.05) is 32.8 Å². The lowest BCUT2D eigenvalue weighted by atomic mass is 9.83. The van der Waals surface area contributed by atoms with Crippen molar-refractivity contribution in [3.05, 3.63) is 0 Å². The first kappa shape index (κ1) is 18.7. The van der Waals surface area contributed by atoms with E-state index in [1.165, 1.54) is 0 Å². The van der Waals surface area contributed by atoms with E-state index in [1.807, 2.05) is 0 Å². The van der Waals surface area contributed by atoms with Crippen molar-refractivity contribution < 1.29 is 17.9 Å². The molecule has 21 heavy (non-hydrogen) atoms. The van der Waals surface area contributed by atoms with Gasteiger partial charge in [-0.15, -0.1) is 0 Å². The zero-order valence-electron chi connectivity index (χ0n) is 13.6. The van der Waals surface area contributed by atoms with Crippen molar-refractivity contribution >= 4 is 0 Å². The molecule has 126 valence electrons. The average molecular weight is 310 g/mol. The first-order chi connectivity index (χ1) is 9.63. The fraction of sp³-hybridized carbons (Fsp3) is 1.00. The van der Waals surface area contributed by atoms with Gasteiger partial charge < -0.3 is 10.1 Å². The van der Waals surface area contributed by atoms with E-state index in [4.69, 9.17) is 4.74 Å². The Morgan fingerprint density at radius 2 is 1.90 bits per heavy atom. The third kappa shape index (κ3) is 6.98. The Kier molecular flexibility index (Phi) is 6.94. The Morgan fingerprint density at radius 1 is 1.24 bits per heavy atom. The largest absolute Gasteiger partial charge is 0.411 e. The van der Waals surface area contributed by atoms with Crippen LogP contribution in [0.3, 0.4) is 0 Å². The molecule has 0 aromatic heterocycles. The summed E-state index contributed by atoms with van der Waals surface area (Å²) in [5.74, 6) is 0. The van der Waals surface area contributed by atoms with Gasteiger partial charge >= 0.3 is 6.18 Å². The number of ether oxygens (including phenoxy) is 1. The summed E-state index contributed by atoms with van der Waals surface area (Å²) in [5, 5.41) is 3.56. The number of hydrogen-bond donors (Lipinski definition) is 1. The van der Waals surface area contributed by atoms with Crippen LogP contribution < -0.4 is 5.32 Å². The highest BCUT2D eigenvalue weighted by atomic mass is 19.4. The van der Waals surface area contributed by atoms with Crippen LogP contribution in [0.4, 0.5) is 13.2 Å². The molecule has 1 rings (SSSR count). The van der Waals surface area contributed by atoms with Gasteiger partial charge in [-0.3, -0.25) is 4.90 Å². The summed E-state index contributed by atoms with van der Waals surface area (Å²) in [4.78, 5) is 2.28. The molecule has 1 aliphatic rings. The summed E-state index contributed by atoms with van der Waals surface area (Å²) in [6.45, 7) is 9.95. The van der Waals surface area contributed by atoms with Crippen LogP contribution in [0.25, 0.3) is 0 Å². The third-order valence-corrected chi connectivity index (χ3v) is 3.92. The number of alkyl halides is 3. The fourth-order valence-corrected chi connectivity index (χ4v) is 2.89. The van der Waals surface area contributed by atoms with Crippen molar-refractivity contribution in [3.8, 4) is 0 Å². The molecule has 6 heteroatoms. The van der Waals surface area contributed by atoms with Crippen LogP contribution in [-0.4, -0.2) is 56.0 Å². The Bertz CT molecular complexity index is 302. The zero-order valence-corrected chi connectivity index (χ0v) is 13.6. The molecule has 0 aliphatic carbocycles. The number of rotatable bonds is 6. The zero-order chi connectivity index (χ0) is 16.1. The maximum atomic E-state index is 12.1. The predicted octanol–water partition coefficient (Wildman–Crippen LogP) is 3.05. The van der Waals surface area contributed by atoms with E-state index < -0.39 is 12.8 Å². The molecule has 0 bridgehead atoms.